The van der Waals surface area contributed by atoms with E-state index >= 15 is 0 Å². The second kappa shape index (κ2) is 8.52. The van der Waals surface area contributed by atoms with E-state index in [1.54, 1.807) is 42.6 Å². The van der Waals surface area contributed by atoms with Crippen LogP contribution >= 0.6 is 23.2 Å². The molecule has 0 aromatic heterocycles. The van der Waals surface area contributed by atoms with Gasteiger partial charge in [-0.3, -0.25) is 4.90 Å². The Balaban J connectivity index is 1.46. The molecule has 3 heterocycles. The number of hydrogen-bond donors (Lipinski definition) is 0. The van der Waals surface area contributed by atoms with Gasteiger partial charge in [-0.15, -0.1) is 0 Å². The number of rotatable bonds is 5. The van der Waals surface area contributed by atoms with Crippen LogP contribution in [0.25, 0.3) is 0 Å². The zero-order chi connectivity index (χ0) is 19.5. The van der Waals surface area contributed by atoms with E-state index in [1.807, 2.05) is 6.07 Å². The standard InChI is InChI=1S/C21H20Cl2N2O3/c22-16-5-3-6-17(23)20(16)21(26)27-18-7-2-1-4-15(18)12-24-28-19-13-25-10-8-14(19)9-11-25/h1-7,12,14,19H,8-11,13H2/b24-12+. The van der Waals surface area contributed by atoms with E-state index in [2.05, 4.69) is 10.1 Å². The molecule has 28 heavy (non-hydrogen) atoms. The molecule has 0 N–H and O–H groups in total. The molecule has 3 saturated heterocycles. The van der Waals surface area contributed by atoms with Crippen molar-refractivity contribution in [3.8, 4) is 5.75 Å². The summed E-state index contributed by atoms with van der Waals surface area (Å²) in [4.78, 5) is 20.7. The first kappa shape index (κ1) is 19.2. The monoisotopic (exact) mass is 418 g/mol. The first-order chi connectivity index (χ1) is 13.6. The van der Waals surface area contributed by atoms with E-state index in [-0.39, 0.29) is 21.7 Å². The number of carbonyl (C=O) groups excluding carboxylic acids is 1. The smallest absolute Gasteiger partial charge is 0.346 e. The number of esters is 1. The Bertz CT molecular complexity index is 875. The van der Waals surface area contributed by atoms with Crippen molar-refractivity contribution in [2.75, 3.05) is 19.6 Å². The normalized spacial score (nSPS) is 23.7. The maximum atomic E-state index is 12.5. The number of hydrogen-bond acceptors (Lipinski definition) is 5. The first-order valence-electron chi connectivity index (χ1n) is 9.28. The molecule has 7 heteroatoms. The van der Waals surface area contributed by atoms with Crippen molar-refractivity contribution in [2.24, 2.45) is 11.1 Å². The zero-order valence-corrected chi connectivity index (χ0v) is 16.7. The Hall–Kier alpha value is -2.08. The van der Waals surface area contributed by atoms with Crippen LogP contribution in [0.15, 0.2) is 47.6 Å². The van der Waals surface area contributed by atoms with E-state index in [9.17, 15) is 4.79 Å². The van der Waals surface area contributed by atoms with Crippen LogP contribution in [0.1, 0.15) is 28.8 Å². The summed E-state index contributed by atoms with van der Waals surface area (Å²) < 4.78 is 5.52. The second-order valence-corrected chi connectivity index (χ2v) is 7.85. The Kier molecular flexibility index (Phi) is 5.85. The van der Waals surface area contributed by atoms with Crippen LogP contribution in [-0.4, -0.2) is 42.8 Å². The highest BCUT2D eigenvalue weighted by atomic mass is 35.5. The van der Waals surface area contributed by atoms with Crippen molar-refractivity contribution in [1.82, 2.24) is 4.90 Å². The summed E-state index contributed by atoms with van der Waals surface area (Å²) >= 11 is 12.2. The molecule has 0 radical (unpaired) electrons. The van der Waals surface area contributed by atoms with E-state index in [0.29, 0.717) is 17.2 Å². The molecule has 2 aromatic rings. The van der Waals surface area contributed by atoms with Crippen molar-refractivity contribution < 1.29 is 14.4 Å². The first-order valence-corrected chi connectivity index (χ1v) is 10.0. The number of fused-ring (bicyclic) bond motifs is 3. The van der Waals surface area contributed by atoms with Crippen molar-refractivity contribution in [3.63, 3.8) is 0 Å². The quantitative estimate of drug-likeness (QED) is 0.306. The molecular weight excluding hydrogens is 399 g/mol. The molecule has 2 aromatic carbocycles. The number of ether oxygens (including phenoxy) is 1. The minimum atomic E-state index is -0.616. The molecule has 5 nitrogen and oxygen atoms in total. The van der Waals surface area contributed by atoms with Crippen molar-refractivity contribution in [3.05, 3.63) is 63.6 Å². The van der Waals surface area contributed by atoms with E-state index in [1.165, 1.54) is 0 Å². The van der Waals surface area contributed by atoms with Gasteiger partial charge in [0, 0.05) is 18.0 Å². The molecular formula is C21H20Cl2N2O3. The molecule has 3 fully saturated rings. The maximum Gasteiger partial charge on any atom is 0.346 e. The van der Waals surface area contributed by atoms with Gasteiger partial charge in [0.05, 0.1) is 21.8 Å². The van der Waals surface area contributed by atoms with Crippen LogP contribution in [0.5, 0.6) is 5.75 Å². The molecule has 5 rings (SSSR count). The molecule has 3 aliphatic rings. The lowest BCUT2D eigenvalue weighted by Gasteiger charge is -2.42. The fraction of sp³-hybridized carbons (Fsp3) is 0.333. The number of benzene rings is 2. The van der Waals surface area contributed by atoms with E-state index in [4.69, 9.17) is 32.8 Å². The Morgan fingerprint density at radius 2 is 1.79 bits per heavy atom. The van der Waals surface area contributed by atoms with Gasteiger partial charge in [-0.1, -0.05) is 46.6 Å². The van der Waals surface area contributed by atoms with Crippen LogP contribution in [0.2, 0.25) is 10.0 Å². The van der Waals surface area contributed by atoms with Crippen LogP contribution in [0, 0.1) is 5.92 Å². The summed E-state index contributed by atoms with van der Waals surface area (Å²) in [7, 11) is 0. The maximum absolute atomic E-state index is 12.5. The molecule has 0 spiro atoms. The van der Waals surface area contributed by atoms with Gasteiger partial charge in [-0.25, -0.2) is 4.79 Å². The van der Waals surface area contributed by atoms with Crippen LogP contribution < -0.4 is 4.74 Å². The molecule has 2 bridgehead atoms. The number of piperidine rings is 3. The van der Waals surface area contributed by atoms with Gasteiger partial charge in [0.25, 0.3) is 0 Å². The van der Waals surface area contributed by atoms with Gasteiger partial charge >= 0.3 is 5.97 Å². The third kappa shape index (κ3) is 4.17. The average molecular weight is 419 g/mol. The molecule has 1 unspecified atom stereocenters. The van der Waals surface area contributed by atoms with Gasteiger partial charge in [-0.2, -0.15) is 0 Å². The van der Waals surface area contributed by atoms with Crippen LogP contribution in [0.3, 0.4) is 0 Å². The van der Waals surface area contributed by atoms with Gasteiger partial charge in [0.2, 0.25) is 0 Å². The molecule has 3 aliphatic heterocycles. The highest BCUT2D eigenvalue weighted by Crippen LogP contribution is 2.30. The summed E-state index contributed by atoms with van der Waals surface area (Å²) in [5, 5.41) is 4.65. The van der Waals surface area contributed by atoms with Crippen molar-refractivity contribution in [1.29, 1.82) is 0 Å². The van der Waals surface area contributed by atoms with Gasteiger partial charge in [0.15, 0.2) is 0 Å². The topological polar surface area (TPSA) is 51.1 Å². The lowest BCUT2D eigenvalue weighted by atomic mass is 9.86. The lowest BCUT2D eigenvalue weighted by Crippen LogP contribution is -2.50. The minimum absolute atomic E-state index is 0.121. The zero-order valence-electron chi connectivity index (χ0n) is 15.2. The number of nitrogens with zero attached hydrogens (tertiary/aromatic N) is 2. The third-order valence-corrected chi connectivity index (χ3v) is 5.90. The summed E-state index contributed by atoms with van der Waals surface area (Å²) in [5.74, 6) is 0.317. The third-order valence-electron chi connectivity index (χ3n) is 5.27. The second-order valence-electron chi connectivity index (χ2n) is 7.04. The molecule has 146 valence electrons. The highest BCUT2D eigenvalue weighted by molar-refractivity contribution is 6.39. The van der Waals surface area contributed by atoms with Gasteiger partial charge in [0.1, 0.15) is 11.9 Å². The lowest BCUT2D eigenvalue weighted by molar-refractivity contribution is -0.0675. The predicted octanol–water partition coefficient (Wildman–Crippen LogP) is 4.66. The van der Waals surface area contributed by atoms with Crippen molar-refractivity contribution >= 4 is 35.4 Å². The summed E-state index contributed by atoms with van der Waals surface area (Å²) in [6.45, 7) is 3.22. The summed E-state index contributed by atoms with van der Waals surface area (Å²) in [6, 6.07) is 12.0. The largest absolute Gasteiger partial charge is 0.422 e. The summed E-state index contributed by atoms with van der Waals surface area (Å²) in [6.07, 6.45) is 4.02. The number of carbonyl (C=O) groups is 1. The SMILES string of the molecule is O=C(Oc1ccccc1/C=N/OC1CN2CCC1CC2)c1c(Cl)cccc1Cl. The molecule has 0 aliphatic carbocycles. The van der Waals surface area contributed by atoms with Gasteiger partial charge < -0.3 is 9.57 Å². The fourth-order valence-electron chi connectivity index (χ4n) is 3.72. The molecule has 1 atom stereocenters. The molecule has 0 saturated carbocycles. The Morgan fingerprint density at radius 1 is 1.07 bits per heavy atom. The number of halogens is 2. The Morgan fingerprint density at radius 3 is 2.46 bits per heavy atom. The average Bonchev–Trinajstić information content (AvgIpc) is 2.70. The fourth-order valence-corrected chi connectivity index (χ4v) is 4.27. The Labute approximate surface area is 173 Å². The highest BCUT2D eigenvalue weighted by Gasteiger charge is 2.35. The van der Waals surface area contributed by atoms with Gasteiger partial charge in [-0.05, 0) is 50.2 Å². The van der Waals surface area contributed by atoms with Crippen LogP contribution in [0.4, 0.5) is 0 Å². The predicted molar refractivity (Wildman–Crippen MR) is 109 cm³/mol. The number of para-hydroxylation sites is 1. The van der Waals surface area contributed by atoms with E-state index in [0.717, 1.165) is 32.5 Å². The summed E-state index contributed by atoms with van der Waals surface area (Å²) in [5.41, 5.74) is 0.779. The molecule has 0 amide bonds. The minimum Gasteiger partial charge on any atom is -0.422 e. The van der Waals surface area contributed by atoms with E-state index < -0.39 is 5.97 Å². The van der Waals surface area contributed by atoms with Crippen LogP contribution in [-0.2, 0) is 4.84 Å². The number of oxime groups is 1. The van der Waals surface area contributed by atoms with Crippen molar-refractivity contribution in [2.45, 2.75) is 18.9 Å².